The molecule has 2 aromatic heterocycles. The number of amides is 1. The molecule has 9 heteroatoms. The van der Waals surface area contributed by atoms with Crippen LogP contribution in [-0.4, -0.2) is 67.1 Å². The van der Waals surface area contributed by atoms with Crippen LogP contribution in [0.15, 0.2) is 79.7 Å². The molecule has 2 aromatic carbocycles. The van der Waals surface area contributed by atoms with Crippen molar-refractivity contribution in [2.24, 2.45) is 0 Å². The van der Waals surface area contributed by atoms with Crippen LogP contribution in [0.5, 0.6) is 5.75 Å². The largest absolute Gasteiger partial charge is 0.494 e. The number of carbonyl (C=O) groups excluding carboxylic acids is 1. The molecule has 0 aliphatic carbocycles. The number of hydrogen-bond acceptors (Lipinski definition) is 7. The lowest BCUT2D eigenvalue weighted by Gasteiger charge is -2.26. The van der Waals surface area contributed by atoms with Gasteiger partial charge in [-0.05, 0) is 32.3 Å². The van der Waals surface area contributed by atoms with Crippen molar-refractivity contribution in [2.75, 3.05) is 56.9 Å². The summed E-state index contributed by atoms with van der Waals surface area (Å²) < 4.78 is 5.72. The van der Waals surface area contributed by atoms with Gasteiger partial charge in [-0.2, -0.15) is 0 Å². The van der Waals surface area contributed by atoms with Crippen molar-refractivity contribution in [2.45, 2.75) is 0 Å². The first-order valence-corrected chi connectivity index (χ1v) is 12.2. The van der Waals surface area contributed by atoms with E-state index in [1.165, 1.54) is 6.08 Å². The van der Waals surface area contributed by atoms with Crippen LogP contribution >= 0.6 is 0 Å². The van der Waals surface area contributed by atoms with Gasteiger partial charge in [-0.15, -0.1) is 0 Å². The van der Waals surface area contributed by atoms with Gasteiger partial charge in [0.1, 0.15) is 5.75 Å². The molecule has 0 bridgehead atoms. The van der Waals surface area contributed by atoms with Gasteiger partial charge in [-0.1, -0.05) is 36.9 Å². The lowest BCUT2D eigenvalue weighted by atomic mass is 10.1. The van der Waals surface area contributed by atoms with Gasteiger partial charge in [0.2, 0.25) is 11.9 Å². The number of methoxy groups -OCH3 is 1. The van der Waals surface area contributed by atoms with E-state index in [9.17, 15) is 4.79 Å². The minimum Gasteiger partial charge on any atom is -0.494 e. The van der Waals surface area contributed by atoms with E-state index in [0.717, 1.165) is 40.9 Å². The van der Waals surface area contributed by atoms with Crippen LogP contribution in [0.2, 0.25) is 0 Å². The van der Waals surface area contributed by atoms with Crippen LogP contribution in [0.25, 0.3) is 22.2 Å². The summed E-state index contributed by atoms with van der Waals surface area (Å²) in [4.78, 5) is 29.2. The first kappa shape index (κ1) is 26.4. The number of ether oxygens (including phenoxy) is 1. The highest BCUT2D eigenvalue weighted by atomic mass is 16.5. The predicted molar refractivity (Wildman–Crippen MR) is 155 cm³/mol. The lowest BCUT2D eigenvalue weighted by molar-refractivity contribution is -0.111. The maximum absolute atomic E-state index is 12.6. The van der Waals surface area contributed by atoms with Gasteiger partial charge in [0, 0.05) is 61.1 Å². The van der Waals surface area contributed by atoms with E-state index in [-0.39, 0.29) is 5.91 Å². The van der Waals surface area contributed by atoms with Gasteiger partial charge in [0.15, 0.2) is 0 Å². The number of benzene rings is 2. The summed E-state index contributed by atoms with van der Waals surface area (Å²) in [6, 6.07) is 13.7. The Kier molecular flexibility index (Phi) is 8.40. The third kappa shape index (κ3) is 6.19. The number of para-hydroxylation sites is 1. The number of rotatable bonds is 11. The molecule has 0 fully saturated rings. The van der Waals surface area contributed by atoms with Crippen molar-refractivity contribution in [3.63, 3.8) is 0 Å². The molecule has 4 aromatic rings. The van der Waals surface area contributed by atoms with Gasteiger partial charge in [0.25, 0.3) is 0 Å². The summed E-state index contributed by atoms with van der Waals surface area (Å²) in [6.45, 7) is 5.23. The number of allylic oxidation sites excluding steroid dienone is 2. The average molecular weight is 512 g/mol. The van der Waals surface area contributed by atoms with Crippen molar-refractivity contribution < 1.29 is 9.53 Å². The molecule has 0 radical (unpaired) electrons. The molecule has 38 heavy (non-hydrogen) atoms. The number of fused-ring (bicyclic) bond motifs is 1. The molecule has 196 valence electrons. The number of hydrogen-bond donors (Lipinski definition) is 3. The zero-order valence-corrected chi connectivity index (χ0v) is 22.2. The summed E-state index contributed by atoms with van der Waals surface area (Å²) >= 11 is 0. The van der Waals surface area contributed by atoms with E-state index < -0.39 is 0 Å². The summed E-state index contributed by atoms with van der Waals surface area (Å²) in [5, 5.41) is 7.33. The molecule has 0 unspecified atom stereocenters. The third-order valence-electron chi connectivity index (χ3n) is 6.02. The van der Waals surface area contributed by atoms with Crippen LogP contribution < -0.4 is 20.3 Å². The summed E-state index contributed by atoms with van der Waals surface area (Å²) in [5.74, 6) is 0.738. The van der Waals surface area contributed by atoms with Gasteiger partial charge < -0.3 is 30.2 Å². The van der Waals surface area contributed by atoms with Crippen molar-refractivity contribution in [1.29, 1.82) is 0 Å². The van der Waals surface area contributed by atoms with Crippen molar-refractivity contribution >= 4 is 39.8 Å². The Hall–Kier alpha value is -4.63. The highest BCUT2D eigenvalue weighted by molar-refractivity contribution is 6.02. The second-order valence-electron chi connectivity index (χ2n) is 9.02. The molecule has 0 aliphatic rings. The Bertz CT molecular complexity index is 1460. The van der Waals surface area contributed by atoms with Crippen LogP contribution in [0, 0.1) is 0 Å². The first-order chi connectivity index (χ1) is 18.4. The Balaban J connectivity index is 1.69. The molecule has 9 nitrogen and oxygen atoms in total. The normalized spacial score (nSPS) is 11.2. The molecular weight excluding hydrogens is 478 g/mol. The second kappa shape index (κ2) is 12.1. The van der Waals surface area contributed by atoms with Crippen LogP contribution in [0.1, 0.15) is 0 Å². The monoisotopic (exact) mass is 511 g/mol. The number of carbonyl (C=O) groups is 1. The van der Waals surface area contributed by atoms with Crippen LogP contribution in [-0.2, 0) is 4.79 Å². The second-order valence-corrected chi connectivity index (χ2v) is 9.02. The Morgan fingerprint density at radius 3 is 2.71 bits per heavy atom. The van der Waals surface area contributed by atoms with Crippen molar-refractivity contribution in [3.05, 3.63) is 79.7 Å². The molecule has 0 spiro atoms. The SMILES string of the molecule is C=C/C=C/C(=O)Nc1cc(Nc2nccc(-c3c[nH]c4ccccc34)n2)c(OC)cc1N(C)CCN(C)C. The van der Waals surface area contributed by atoms with Gasteiger partial charge in [-0.25, -0.2) is 9.97 Å². The Morgan fingerprint density at radius 2 is 1.95 bits per heavy atom. The smallest absolute Gasteiger partial charge is 0.248 e. The van der Waals surface area contributed by atoms with Gasteiger partial charge >= 0.3 is 0 Å². The van der Waals surface area contributed by atoms with Gasteiger partial charge in [0.05, 0.1) is 29.9 Å². The minimum atomic E-state index is -0.263. The van der Waals surface area contributed by atoms with E-state index in [2.05, 4.69) is 43.0 Å². The molecule has 0 saturated carbocycles. The lowest BCUT2D eigenvalue weighted by Crippen LogP contribution is -2.29. The highest BCUT2D eigenvalue weighted by Gasteiger charge is 2.17. The molecule has 4 rings (SSSR count). The number of anilines is 4. The number of H-pyrrole nitrogens is 1. The Morgan fingerprint density at radius 1 is 1.13 bits per heavy atom. The number of aromatic nitrogens is 3. The molecule has 1 amide bonds. The van der Waals surface area contributed by atoms with Crippen molar-refractivity contribution in [3.8, 4) is 17.0 Å². The van der Waals surface area contributed by atoms with Gasteiger partial charge in [-0.3, -0.25) is 4.79 Å². The summed E-state index contributed by atoms with van der Waals surface area (Å²) in [7, 11) is 7.63. The minimum absolute atomic E-state index is 0.263. The fourth-order valence-corrected chi connectivity index (χ4v) is 4.02. The zero-order chi connectivity index (χ0) is 27.1. The number of likely N-dealkylation sites (N-methyl/N-ethyl adjacent to an activating group) is 2. The molecule has 2 heterocycles. The topological polar surface area (TPSA) is 98.4 Å². The number of nitrogens with one attached hydrogen (secondary N) is 3. The number of nitrogens with zero attached hydrogens (tertiary/aromatic N) is 4. The van der Waals surface area contributed by atoms with Crippen LogP contribution in [0.4, 0.5) is 23.0 Å². The Labute approximate surface area is 222 Å². The van der Waals surface area contributed by atoms with E-state index in [4.69, 9.17) is 9.72 Å². The fourth-order valence-electron chi connectivity index (χ4n) is 4.02. The molecule has 0 saturated heterocycles. The highest BCUT2D eigenvalue weighted by Crippen LogP contribution is 2.38. The first-order valence-electron chi connectivity index (χ1n) is 12.2. The standard InChI is InChI=1S/C29H33N7O2/c1-6-7-12-28(37)32-24-17-25(27(38-5)18-26(24)36(4)16-15-35(2)3)34-29-30-14-13-23(33-29)21-19-31-22-11-9-8-10-20(21)22/h6-14,17-19,31H,1,15-16H2,2-5H3,(H,32,37)(H,30,33,34)/b12-7+. The van der Waals surface area contributed by atoms with E-state index in [0.29, 0.717) is 23.1 Å². The predicted octanol–water partition coefficient (Wildman–Crippen LogP) is 5.06. The maximum atomic E-state index is 12.6. The van der Waals surface area contributed by atoms with Crippen LogP contribution in [0.3, 0.4) is 0 Å². The summed E-state index contributed by atoms with van der Waals surface area (Å²) in [6.07, 6.45) is 8.24. The molecule has 3 N–H and O–H groups in total. The summed E-state index contributed by atoms with van der Waals surface area (Å²) in [5.41, 5.74) is 4.87. The van der Waals surface area contributed by atoms with E-state index in [1.807, 2.05) is 63.7 Å². The third-order valence-corrected chi connectivity index (χ3v) is 6.02. The molecule has 0 atom stereocenters. The molecule has 0 aliphatic heterocycles. The van der Waals surface area contributed by atoms with E-state index in [1.54, 1.807) is 25.5 Å². The van der Waals surface area contributed by atoms with Crippen molar-refractivity contribution in [1.82, 2.24) is 19.9 Å². The van der Waals surface area contributed by atoms with E-state index >= 15 is 0 Å². The average Bonchev–Trinajstić information content (AvgIpc) is 3.35. The number of aromatic amines is 1. The maximum Gasteiger partial charge on any atom is 0.248 e. The zero-order valence-electron chi connectivity index (χ0n) is 22.2. The quantitative estimate of drug-likeness (QED) is 0.191. The fraction of sp³-hybridized carbons (Fsp3) is 0.207. The molecular formula is C29H33N7O2.